The van der Waals surface area contributed by atoms with E-state index >= 15 is 0 Å². The van der Waals surface area contributed by atoms with Gasteiger partial charge in [0, 0.05) is 17.1 Å². The number of ether oxygens (including phenoxy) is 3. The molecule has 0 bridgehead atoms. The first kappa shape index (κ1) is 21.3. The van der Waals surface area contributed by atoms with Crippen molar-refractivity contribution in [3.8, 4) is 28.4 Å². The Bertz CT molecular complexity index is 1370. The fraction of sp³-hybridized carbons (Fsp3) is 0.231. The van der Waals surface area contributed by atoms with E-state index in [1.54, 1.807) is 24.8 Å². The Labute approximate surface area is 195 Å². The predicted molar refractivity (Wildman–Crippen MR) is 131 cm³/mol. The fourth-order valence-electron chi connectivity index (χ4n) is 3.68. The number of nitrogens with zero attached hydrogens (tertiary/aromatic N) is 2. The highest BCUT2D eigenvalue weighted by Gasteiger charge is 2.23. The summed E-state index contributed by atoms with van der Waals surface area (Å²) in [5, 5.41) is 1.86. The predicted octanol–water partition coefficient (Wildman–Crippen LogP) is 5.40. The third kappa shape index (κ3) is 4.36. The van der Waals surface area contributed by atoms with Crippen LogP contribution in [0.15, 0.2) is 58.8 Å². The number of rotatable bonds is 8. The molecule has 0 spiro atoms. The minimum atomic E-state index is -0.109. The summed E-state index contributed by atoms with van der Waals surface area (Å²) < 4.78 is 18.5. The van der Waals surface area contributed by atoms with E-state index < -0.39 is 0 Å². The number of hydrogen-bond acceptors (Lipinski definition) is 6. The fourth-order valence-corrected chi connectivity index (χ4v) is 4.39. The topological polar surface area (TPSA) is 62.1 Å². The minimum absolute atomic E-state index is 0.109. The van der Waals surface area contributed by atoms with E-state index in [4.69, 9.17) is 19.2 Å². The van der Waals surface area contributed by atoms with Gasteiger partial charge in [-0.3, -0.25) is 9.20 Å². The van der Waals surface area contributed by atoms with Gasteiger partial charge in [0.1, 0.15) is 5.75 Å². The smallest absolute Gasteiger partial charge is 0.266 e. The van der Waals surface area contributed by atoms with Gasteiger partial charge in [-0.05, 0) is 54.7 Å². The molecule has 0 saturated heterocycles. The summed E-state index contributed by atoms with van der Waals surface area (Å²) in [6.07, 6.45) is 7.98. The first-order valence-corrected chi connectivity index (χ1v) is 11.7. The zero-order valence-corrected chi connectivity index (χ0v) is 19.3. The monoisotopic (exact) mass is 460 g/mol. The van der Waals surface area contributed by atoms with Crippen LogP contribution < -0.4 is 19.8 Å². The molecule has 0 radical (unpaired) electrons. The standard InChI is InChI=1S/C26H24N2O4S/c1-30-20-11-8-18(9-12-20)23-21(27-26-28(25(23)29)14-15-33-26)13-10-19-4-3-5-22(31-2)24(19)32-16-17-6-7-17/h3-5,8-15,17H,6-7,16H2,1-2H3/b13-10+. The third-order valence-corrected chi connectivity index (χ3v) is 6.44. The van der Waals surface area contributed by atoms with E-state index in [-0.39, 0.29) is 5.56 Å². The van der Waals surface area contributed by atoms with Crippen molar-refractivity contribution in [3.05, 3.63) is 75.7 Å². The van der Waals surface area contributed by atoms with Gasteiger partial charge in [-0.2, -0.15) is 0 Å². The summed E-state index contributed by atoms with van der Waals surface area (Å²) in [6.45, 7) is 0.680. The highest BCUT2D eigenvalue weighted by Crippen LogP contribution is 2.36. The Morgan fingerprint density at radius 3 is 2.64 bits per heavy atom. The second kappa shape index (κ2) is 9.11. The molecular weight excluding hydrogens is 436 g/mol. The van der Waals surface area contributed by atoms with Gasteiger partial charge in [0.05, 0.1) is 32.1 Å². The lowest BCUT2D eigenvalue weighted by molar-refractivity contribution is 0.280. The maximum atomic E-state index is 13.3. The molecule has 1 saturated carbocycles. The number of hydrogen-bond donors (Lipinski definition) is 0. The van der Waals surface area contributed by atoms with Crippen molar-refractivity contribution in [2.45, 2.75) is 12.8 Å². The second-order valence-corrected chi connectivity index (χ2v) is 8.80. The van der Waals surface area contributed by atoms with Crippen LogP contribution in [0.3, 0.4) is 0 Å². The molecule has 1 aliphatic rings. The van der Waals surface area contributed by atoms with Gasteiger partial charge in [0.25, 0.3) is 5.56 Å². The van der Waals surface area contributed by atoms with Crippen molar-refractivity contribution in [2.24, 2.45) is 5.92 Å². The summed E-state index contributed by atoms with van der Waals surface area (Å²) in [4.78, 5) is 18.8. The Morgan fingerprint density at radius 2 is 1.91 bits per heavy atom. The quantitative estimate of drug-likeness (QED) is 0.352. The lowest BCUT2D eigenvalue weighted by Gasteiger charge is -2.13. The van der Waals surface area contributed by atoms with Crippen molar-refractivity contribution in [2.75, 3.05) is 20.8 Å². The molecule has 1 aliphatic carbocycles. The van der Waals surface area contributed by atoms with Crippen molar-refractivity contribution >= 4 is 28.4 Å². The third-order valence-electron chi connectivity index (χ3n) is 5.68. The summed E-state index contributed by atoms with van der Waals surface area (Å²) in [6, 6.07) is 13.2. The van der Waals surface area contributed by atoms with Gasteiger partial charge in [0.2, 0.25) is 0 Å². The van der Waals surface area contributed by atoms with Crippen LogP contribution in [0.2, 0.25) is 0 Å². The van der Waals surface area contributed by atoms with Gasteiger partial charge in [-0.15, -0.1) is 11.3 Å². The zero-order valence-electron chi connectivity index (χ0n) is 18.5. The van der Waals surface area contributed by atoms with Crippen LogP contribution >= 0.6 is 11.3 Å². The van der Waals surface area contributed by atoms with Gasteiger partial charge < -0.3 is 14.2 Å². The summed E-state index contributed by atoms with van der Waals surface area (Å²) in [5.74, 6) is 2.75. The van der Waals surface area contributed by atoms with Crippen molar-refractivity contribution in [3.63, 3.8) is 0 Å². The maximum Gasteiger partial charge on any atom is 0.266 e. The van der Waals surface area contributed by atoms with E-state index in [1.807, 2.05) is 60.0 Å². The number of fused-ring (bicyclic) bond motifs is 1. The molecule has 6 nitrogen and oxygen atoms in total. The van der Waals surface area contributed by atoms with Gasteiger partial charge in [-0.1, -0.05) is 24.3 Å². The van der Waals surface area contributed by atoms with E-state index in [9.17, 15) is 4.79 Å². The second-order valence-electron chi connectivity index (χ2n) is 7.93. The van der Waals surface area contributed by atoms with E-state index in [1.165, 1.54) is 24.2 Å². The normalized spacial score (nSPS) is 13.5. The SMILES string of the molecule is COc1ccc(-c2c(/C=C/c3cccc(OC)c3OCC3CC3)nc3sccn3c2=O)cc1. The minimum Gasteiger partial charge on any atom is -0.497 e. The van der Waals surface area contributed by atoms with Crippen LogP contribution in [-0.4, -0.2) is 30.2 Å². The number of benzene rings is 2. The molecule has 33 heavy (non-hydrogen) atoms. The Morgan fingerprint density at radius 1 is 1.09 bits per heavy atom. The summed E-state index contributed by atoms with van der Waals surface area (Å²) >= 11 is 1.43. The summed E-state index contributed by atoms with van der Waals surface area (Å²) in [7, 11) is 3.26. The van der Waals surface area contributed by atoms with Crippen LogP contribution in [0.4, 0.5) is 0 Å². The number of thiazole rings is 1. The molecule has 0 amide bonds. The molecule has 1 fully saturated rings. The molecule has 0 atom stereocenters. The molecule has 5 rings (SSSR count). The average Bonchev–Trinajstić information content (AvgIpc) is 3.56. The Balaban J connectivity index is 1.59. The lowest BCUT2D eigenvalue weighted by atomic mass is 10.0. The molecule has 168 valence electrons. The first-order valence-electron chi connectivity index (χ1n) is 10.8. The molecule has 7 heteroatoms. The first-order chi connectivity index (χ1) is 16.2. The Kier molecular flexibility index (Phi) is 5.88. The number of methoxy groups -OCH3 is 2. The highest BCUT2D eigenvalue weighted by atomic mass is 32.1. The lowest BCUT2D eigenvalue weighted by Crippen LogP contribution is -2.16. The Hall–Kier alpha value is -3.58. The van der Waals surface area contributed by atoms with Crippen molar-refractivity contribution < 1.29 is 14.2 Å². The van der Waals surface area contributed by atoms with Crippen LogP contribution in [0.1, 0.15) is 24.1 Å². The van der Waals surface area contributed by atoms with E-state index in [2.05, 4.69) is 0 Å². The zero-order chi connectivity index (χ0) is 22.8. The number of aromatic nitrogens is 2. The van der Waals surface area contributed by atoms with Crippen LogP contribution in [0.25, 0.3) is 28.2 Å². The molecule has 0 unspecified atom stereocenters. The molecule has 4 aromatic rings. The van der Waals surface area contributed by atoms with Gasteiger partial charge >= 0.3 is 0 Å². The van der Waals surface area contributed by atoms with Crippen molar-refractivity contribution in [1.82, 2.24) is 9.38 Å². The van der Waals surface area contributed by atoms with Crippen LogP contribution in [0.5, 0.6) is 17.2 Å². The highest BCUT2D eigenvalue weighted by molar-refractivity contribution is 7.15. The van der Waals surface area contributed by atoms with Crippen molar-refractivity contribution in [1.29, 1.82) is 0 Å². The molecule has 2 aromatic carbocycles. The van der Waals surface area contributed by atoms with Crippen LogP contribution in [-0.2, 0) is 0 Å². The largest absolute Gasteiger partial charge is 0.497 e. The van der Waals surface area contributed by atoms with E-state index in [0.717, 1.165) is 16.9 Å². The molecule has 0 N–H and O–H groups in total. The maximum absolute atomic E-state index is 13.3. The summed E-state index contributed by atoms with van der Waals surface area (Å²) in [5.41, 5.74) is 2.69. The molecule has 2 heterocycles. The molecular formula is C26H24N2O4S. The molecule has 2 aromatic heterocycles. The number of para-hydroxylation sites is 1. The average molecular weight is 461 g/mol. The van der Waals surface area contributed by atoms with Gasteiger partial charge in [0.15, 0.2) is 16.5 Å². The molecule has 0 aliphatic heterocycles. The van der Waals surface area contributed by atoms with E-state index in [0.29, 0.717) is 40.2 Å². The van der Waals surface area contributed by atoms with Gasteiger partial charge in [-0.25, -0.2) is 4.98 Å². The van der Waals surface area contributed by atoms with Crippen LogP contribution in [0, 0.1) is 5.92 Å².